The number of aromatic carboxylic acids is 1. The molecule has 1 atom stereocenters. The van der Waals surface area contributed by atoms with Gasteiger partial charge in [0.15, 0.2) is 0 Å². The molecule has 3 heterocycles. The Bertz CT molecular complexity index is 1530. The zero-order valence-electron chi connectivity index (χ0n) is 27.7. The van der Waals surface area contributed by atoms with Gasteiger partial charge >= 0.3 is 5.97 Å². The van der Waals surface area contributed by atoms with Crippen LogP contribution in [0.15, 0.2) is 34.9 Å². The van der Waals surface area contributed by atoms with E-state index in [-0.39, 0.29) is 13.2 Å². The summed E-state index contributed by atoms with van der Waals surface area (Å²) < 4.78 is 16.5. The average Bonchev–Trinajstić information content (AvgIpc) is 3.80. The molecule has 3 N–H and O–H groups in total. The van der Waals surface area contributed by atoms with E-state index in [0.717, 1.165) is 54.6 Å². The van der Waals surface area contributed by atoms with Gasteiger partial charge in [-0.05, 0) is 75.4 Å². The third kappa shape index (κ3) is 10.1. The number of aliphatic hydroxyl groups is 2. The van der Waals surface area contributed by atoms with Crippen LogP contribution in [0.25, 0.3) is 22.2 Å². The van der Waals surface area contributed by atoms with Gasteiger partial charge < -0.3 is 29.3 Å². The highest BCUT2D eigenvalue weighted by molar-refractivity contribution is 7.15. The highest BCUT2D eigenvalue weighted by Gasteiger charge is 2.19. The number of benzene rings is 1. The summed E-state index contributed by atoms with van der Waals surface area (Å²) in [4.78, 5) is 23.9. The Labute approximate surface area is 279 Å². The van der Waals surface area contributed by atoms with Crippen LogP contribution in [0.5, 0.6) is 11.5 Å². The summed E-state index contributed by atoms with van der Waals surface area (Å²) in [6.07, 6.45) is -0.939. The fraction of sp³-hybridized carbons (Fsp3) is 0.485. The summed E-state index contributed by atoms with van der Waals surface area (Å²) in [5.41, 5.74) is 2.98. The molecule has 11 nitrogen and oxygen atoms in total. The number of carbonyl (C=O) groups is 1. The van der Waals surface area contributed by atoms with Gasteiger partial charge in [-0.15, -0.1) is 22.7 Å². The highest BCUT2D eigenvalue weighted by Crippen LogP contribution is 2.35. The summed E-state index contributed by atoms with van der Waals surface area (Å²) in [5.74, 6) is 1.10. The normalized spacial score (nSPS) is 11.9. The van der Waals surface area contributed by atoms with E-state index in [9.17, 15) is 9.90 Å². The number of hydrogen-bond acceptors (Lipinski definition) is 12. The molecule has 0 bridgehead atoms. The second-order valence-electron chi connectivity index (χ2n) is 10.6. The van der Waals surface area contributed by atoms with Crippen molar-refractivity contribution in [2.45, 2.75) is 60.7 Å². The minimum Gasteiger partial charge on any atom is -0.496 e. The summed E-state index contributed by atoms with van der Waals surface area (Å²) in [5, 5.41) is 31.4. The van der Waals surface area contributed by atoms with Crippen LogP contribution < -0.4 is 9.47 Å². The summed E-state index contributed by atoms with van der Waals surface area (Å²) in [6, 6.07) is 9.04. The number of aryl methyl sites for hydroxylation is 2. The Morgan fingerprint density at radius 2 is 1.57 bits per heavy atom. The van der Waals surface area contributed by atoms with E-state index in [1.807, 2.05) is 6.92 Å². The number of methoxy groups -OCH3 is 1. The Morgan fingerprint density at radius 1 is 0.957 bits per heavy atom. The lowest BCUT2D eigenvalue weighted by Crippen LogP contribution is -2.21. The predicted molar refractivity (Wildman–Crippen MR) is 182 cm³/mol. The molecule has 0 aliphatic carbocycles. The maximum absolute atomic E-state index is 10.8. The Kier molecular flexibility index (Phi) is 14.6. The molecular formula is C33H46N4O7S2. The van der Waals surface area contributed by atoms with E-state index in [4.69, 9.17) is 24.2 Å². The molecule has 46 heavy (non-hydrogen) atoms. The van der Waals surface area contributed by atoms with Crippen LogP contribution in [0.2, 0.25) is 0 Å². The fourth-order valence-electron chi connectivity index (χ4n) is 4.49. The molecule has 0 saturated carbocycles. The third-order valence-electron chi connectivity index (χ3n) is 7.48. The van der Waals surface area contributed by atoms with Gasteiger partial charge in [0.05, 0.1) is 24.2 Å². The smallest absolute Gasteiger partial charge is 0.345 e. The topological polar surface area (TPSA) is 142 Å². The largest absolute Gasteiger partial charge is 0.496 e. The van der Waals surface area contributed by atoms with E-state index in [0.29, 0.717) is 33.7 Å². The van der Waals surface area contributed by atoms with Gasteiger partial charge in [0.2, 0.25) is 5.82 Å². The first-order valence-electron chi connectivity index (χ1n) is 15.4. The van der Waals surface area contributed by atoms with Crippen molar-refractivity contribution in [3.8, 4) is 33.7 Å². The van der Waals surface area contributed by atoms with Gasteiger partial charge in [0, 0.05) is 28.9 Å². The molecule has 0 saturated heterocycles. The lowest BCUT2D eigenvalue weighted by Gasteiger charge is -2.17. The van der Waals surface area contributed by atoms with E-state index < -0.39 is 12.1 Å². The fourth-order valence-corrected chi connectivity index (χ4v) is 6.68. The molecule has 0 fully saturated rings. The number of rotatable bonds is 16. The number of nitrogens with zero attached hydrogens (tertiary/aromatic N) is 4. The van der Waals surface area contributed by atoms with Crippen LogP contribution in [-0.4, -0.2) is 93.8 Å². The van der Waals surface area contributed by atoms with Crippen molar-refractivity contribution in [2.24, 2.45) is 0 Å². The van der Waals surface area contributed by atoms with Crippen LogP contribution >= 0.6 is 22.7 Å². The van der Waals surface area contributed by atoms with Gasteiger partial charge in [-0.25, -0.2) is 4.79 Å². The monoisotopic (exact) mass is 674 g/mol. The highest BCUT2D eigenvalue weighted by atomic mass is 32.1. The summed E-state index contributed by atoms with van der Waals surface area (Å²) in [6.45, 7) is 18.0. The molecule has 0 unspecified atom stereocenters. The number of carboxylic acid groups (broad SMARTS) is 1. The molecule has 3 aromatic heterocycles. The molecule has 252 valence electrons. The standard InChI is InChI=1S/C22H29N3O5S.C11H17NO2S/c1-5-25(6-2)11-20-14(3)9-19(31-20)22-23-21(24-30-22)17-8-7-16(10-18(17)28-4)29-13-15(27)12-26;1-4-12(5-2)7-10-8(3)6-9(15-10)11(13)14/h7-10,15,26-27H,5-6,11-13H2,1-4H3;6H,4-5,7H2,1-3H3,(H,13,14)/t15-;/m0./s1. The predicted octanol–water partition coefficient (Wildman–Crippen LogP) is 5.95. The van der Waals surface area contributed by atoms with E-state index >= 15 is 0 Å². The second-order valence-corrected chi connectivity index (χ2v) is 12.9. The molecule has 4 rings (SSSR count). The Balaban J connectivity index is 0.000000322. The number of aromatic nitrogens is 2. The zero-order valence-corrected chi connectivity index (χ0v) is 29.3. The minimum absolute atomic E-state index is 0.0150. The first-order valence-corrected chi connectivity index (χ1v) is 17.0. The van der Waals surface area contributed by atoms with Crippen molar-refractivity contribution >= 4 is 28.6 Å². The van der Waals surface area contributed by atoms with Crippen LogP contribution in [0.3, 0.4) is 0 Å². The van der Waals surface area contributed by atoms with E-state index in [1.54, 1.807) is 42.7 Å². The Morgan fingerprint density at radius 3 is 2.11 bits per heavy atom. The van der Waals surface area contributed by atoms with Crippen molar-refractivity contribution < 1.29 is 34.1 Å². The van der Waals surface area contributed by atoms with E-state index in [2.05, 4.69) is 60.6 Å². The quantitative estimate of drug-likeness (QED) is 0.130. The number of thiophene rings is 2. The summed E-state index contributed by atoms with van der Waals surface area (Å²) >= 11 is 3.06. The molecule has 0 aliphatic rings. The first-order chi connectivity index (χ1) is 22.1. The average molecular weight is 675 g/mol. The van der Waals surface area contributed by atoms with Gasteiger partial charge in [0.25, 0.3) is 5.89 Å². The molecule has 0 amide bonds. The van der Waals surface area contributed by atoms with Crippen molar-refractivity contribution in [2.75, 3.05) is 46.5 Å². The van der Waals surface area contributed by atoms with Crippen molar-refractivity contribution in [1.29, 1.82) is 0 Å². The van der Waals surface area contributed by atoms with E-state index in [1.165, 1.54) is 21.8 Å². The van der Waals surface area contributed by atoms with Gasteiger partial charge in [-0.2, -0.15) is 4.98 Å². The summed E-state index contributed by atoms with van der Waals surface area (Å²) in [7, 11) is 1.55. The molecule has 0 radical (unpaired) electrons. The maximum Gasteiger partial charge on any atom is 0.345 e. The molecule has 0 spiro atoms. The Hall–Kier alpha value is -3.33. The molecule has 1 aromatic carbocycles. The number of carboxylic acids is 1. The van der Waals surface area contributed by atoms with Gasteiger partial charge in [-0.3, -0.25) is 9.80 Å². The number of aliphatic hydroxyl groups excluding tert-OH is 2. The molecule has 0 aliphatic heterocycles. The molecule has 4 aromatic rings. The lowest BCUT2D eigenvalue weighted by atomic mass is 10.2. The first kappa shape index (κ1) is 37.1. The third-order valence-corrected chi connectivity index (χ3v) is 9.90. The minimum atomic E-state index is -0.939. The van der Waals surface area contributed by atoms with Crippen LogP contribution in [0.4, 0.5) is 0 Å². The molecular weight excluding hydrogens is 629 g/mol. The van der Waals surface area contributed by atoms with Crippen LogP contribution in [0, 0.1) is 13.8 Å². The lowest BCUT2D eigenvalue weighted by molar-refractivity contribution is 0.0535. The van der Waals surface area contributed by atoms with Gasteiger partial charge in [-0.1, -0.05) is 32.9 Å². The van der Waals surface area contributed by atoms with Crippen molar-refractivity contribution in [1.82, 2.24) is 19.9 Å². The van der Waals surface area contributed by atoms with Gasteiger partial charge in [0.1, 0.15) is 29.1 Å². The second kappa shape index (κ2) is 18.1. The van der Waals surface area contributed by atoms with Crippen molar-refractivity contribution in [3.05, 3.63) is 56.1 Å². The maximum atomic E-state index is 10.8. The number of ether oxygens (including phenoxy) is 2. The molecule has 13 heteroatoms. The van der Waals surface area contributed by atoms with Crippen LogP contribution in [-0.2, 0) is 13.1 Å². The van der Waals surface area contributed by atoms with Crippen molar-refractivity contribution in [3.63, 3.8) is 0 Å². The zero-order chi connectivity index (χ0) is 33.8. The SMILES string of the molecule is CCN(CC)Cc1sc(-c2nc(-c3ccc(OC[C@@H](O)CO)cc3OC)no2)cc1C.CCN(CC)Cc1sc(C(=O)O)cc1C. The number of hydrogen-bond donors (Lipinski definition) is 3. The van der Waals surface area contributed by atoms with Crippen LogP contribution in [0.1, 0.15) is 58.2 Å².